The minimum Gasteiger partial charge on any atom is -0.440 e. The van der Waals surface area contributed by atoms with Gasteiger partial charge in [-0.1, -0.05) is 46.9 Å². The third-order valence-electron chi connectivity index (χ3n) is 4.84. The highest BCUT2D eigenvalue weighted by Crippen LogP contribution is 2.46. The number of esters is 1. The monoisotopic (exact) mass is 488 g/mol. The zero-order valence-corrected chi connectivity index (χ0v) is 18.3. The summed E-state index contributed by atoms with van der Waals surface area (Å²) in [5.74, 6) is -2.01. The van der Waals surface area contributed by atoms with Crippen LogP contribution in [0.5, 0.6) is 11.5 Å². The van der Waals surface area contributed by atoms with E-state index < -0.39 is 17.7 Å². The second-order valence-electron chi connectivity index (χ2n) is 6.78. The average Bonchev–Trinajstić information content (AvgIpc) is 2.75. The Morgan fingerprint density at radius 2 is 1.84 bits per heavy atom. The number of benzene rings is 3. The summed E-state index contributed by atoms with van der Waals surface area (Å²) in [5, 5.41) is 10.3. The summed E-state index contributed by atoms with van der Waals surface area (Å²) >= 11 is 18.1. The molecule has 4 rings (SSSR count). The molecule has 0 radical (unpaired) electrons. The fourth-order valence-electron chi connectivity index (χ4n) is 3.37. The van der Waals surface area contributed by atoms with Crippen LogP contribution in [-0.2, 0) is 0 Å². The summed E-state index contributed by atoms with van der Waals surface area (Å²) in [6.45, 7) is 0. The second kappa shape index (κ2) is 8.71. The van der Waals surface area contributed by atoms with Crippen LogP contribution in [0, 0.1) is 17.1 Å². The van der Waals surface area contributed by atoms with E-state index in [1.54, 1.807) is 6.07 Å². The van der Waals surface area contributed by atoms with Gasteiger partial charge in [-0.25, -0.2) is 9.18 Å². The molecule has 2 N–H and O–H groups in total. The van der Waals surface area contributed by atoms with Crippen molar-refractivity contribution in [2.24, 2.45) is 5.73 Å². The highest BCUT2D eigenvalue weighted by molar-refractivity contribution is 6.42. The van der Waals surface area contributed by atoms with Crippen LogP contribution in [0.15, 0.2) is 66.1 Å². The molecule has 1 atom stereocenters. The highest BCUT2D eigenvalue weighted by Gasteiger charge is 2.34. The predicted molar refractivity (Wildman–Crippen MR) is 119 cm³/mol. The number of halogens is 4. The van der Waals surface area contributed by atoms with Crippen molar-refractivity contribution in [3.63, 3.8) is 0 Å². The number of carbonyl (C=O) groups is 1. The first-order valence-corrected chi connectivity index (χ1v) is 10.3. The Bertz CT molecular complexity index is 1310. The van der Waals surface area contributed by atoms with Crippen molar-refractivity contribution in [2.45, 2.75) is 5.92 Å². The molecule has 1 aliphatic rings. The number of nitriles is 1. The van der Waals surface area contributed by atoms with Crippen LogP contribution in [0.2, 0.25) is 15.1 Å². The fourth-order valence-corrected chi connectivity index (χ4v) is 3.94. The Hall–Kier alpha value is -3.24. The number of fused-ring (bicyclic) bond motifs is 1. The molecule has 1 heterocycles. The molecular formula is C23H12Cl3FN2O3. The first kappa shape index (κ1) is 22.0. The van der Waals surface area contributed by atoms with E-state index in [0.29, 0.717) is 10.6 Å². The van der Waals surface area contributed by atoms with Gasteiger partial charge in [-0.15, -0.1) is 0 Å². The van der Waals surface area contributed by atoms with Gasteiger partial charge in [-0.2, -0.15) is 5.26 Å². The van der Waals surface area contributed by atoms with Crippen molar-refractivity contribution >= 4 is 40.8 Å². The van der Waals surface area contributed by atoms with Gasteiger partial charge in [0.15, 0.2) is 0 Å². The van der Waals surface area contributed by atoms with Crippen LogP contribution in [0.3, 0.4) is 0 Å². The number of allylic oxidation sites excluding steroid dienone is 1. The maximum atomic E-state index is 14.7. The summed E-state index contributed by atoms with van der Waals surface area (Å²) < 4.78 is 25.6. The van der Waals surface area contributed by atoms with E-state index >= 15 is 0 Å². The molecule has 1 aliphatic heterocycles. The van der Waals surface area contributed by atoms with E-state index in [-0.39, 0.29) is 44.1 Å². The highest BCUT2D eigenvalue weighted by atomic mass is 35.5. The molecule has 3 aromatic carbocycles. The Morgan fingerprint density at radius 1 is 1.06 bits per heavy atom. The lowest BCUT2D eigenvalue weighted by atomic mass is 9.83. The van der Waals surface area contributed by atoms with Crippen molar-refractivity contribution in [2.75, 3.05) is 0 Å². The summed E-state index contributed by atoms with van der Waals surface area (Å²) in [7, 11) is 0. The average molecular weight is 490 g/mol. The number of ether oxygens (including phenoxy) is 2. The van der Waals surface area contributed by atoms with E-state index in [1.165, 1.54) is 48.5 Å². The molecule has 0 fully saturated rings. The van der Waals surface area contributed by atoms with Crippen LogP contribution in [0.4, 0.5) is 4.39 Å². The molecule has 0 aromatic heterocycles. The molecule has 160 valence electrons. The van der Waals surface area contributed by atoms with Crippen molar-refractivity contribution in [3.8, 4) is 17.6 Å². The number of nitrogens with zero attached hydrogens (tertiary/aromatic N) is 1. The largest absolute Gasteiger partial charge is 0.440 e. The molecule has 0 aliphatic carbocycles. The van der Waals surface area contributed by atoms with Crippen LogP contribution in [-0.4, -0.2) is 5.97 Å². The number of rotatable bonds is 3. The van der Waals surface area contributed by atoms with Crippen molar-refractivity contribution < 1.29 is 18.7 Å². The summed E-state index contributed by atoms with van der Waals surface area (Å²) in [4.78, 5) is 12.5. The van der Waals surface area contributed by atoms with Gasteiger partial charge in [-0.05, 0) is 36.4 Å². The lowest BCUT2D eigenvalue weighted by Crippen LogP contribution is -2.22. The van der Waals surface area contributed by atoms with Crippen LogP contribution >= 0.6 is 34.8 Å². The molecule has 3 aromatic rings. The van der Waals surface area contributed by atoms with E-state index in [9.17, 15) is 14.4 Å². The lowest BCUT2D eigenvalue weighted by molar-refractivity contribution is 0.0734. The van der Waals surface area contributed by atoms with Crippen LogP contribution < -0.4 is 15.2 Å². The van der Waals surface area contributed by atoms with Gasteiger partial charge in [0.05, 0.1) is 21.5 Å². The van der Waals surface area contributed by atoms with Gasteiger partial charge in [0, 0.05) is 22.2 Å². The zero-order chi connectivity index (χ0) is 23.0. The number of hydrogen-bond acceptors (Lipinski definition) is 5. The minimum absolute atomic E-state index is 0.0186. The first-order valence-electron chi connectivity index (χ1n) is 9.12. The lowest BCUT2D eigenvalue weighted by Gasteiger charge is -2.27. The third-order valence-corrected chi connectivity index (χ3v) is 5.91. The molecule has 0 saturated carbocycles. The molecule has 0 bridgehead atoms. The van der Waals surface area contributed by atoms with E-state index in [2.05, 4.69) is 0 Å². The van der Waals surface area contributed by atoms with Crippen LogP contribution in [0.1, 0.15) is 27.4 Å². The summed E-state index contributed by atoms with van der Waals surface area (Å²) in [6.07, 6.45) is 0. The zero-order valence-electron chi connectivity index (χ0n) is 16.0. The SMILES string of the molecule is N#CC1=C(N)Oc2cc(OC(=O)c3ccc(Cl)c(Cl)c3)ccc2[C@H]1c1c(F)cccc1Cl. The standard InChI is InChI=1S/C23H12Cl3FN2O3/c24-15-7-4-11(8-17(15)26)23(30)31-12-5-6-13-19(9-12)32-22(29)14(10-28)20(13)21-16(25)2-1-3-18(21)27/h1-9,20H,29H2/t20-/m1/s1. The Balaban J connectivity index is 1.73. The Morgan fingerprint density at radius 3 is 2.53 bits per heavy atom. The fraction of sp³-hybridized carbons (Fsp3) is 0.0435. The van der Waals surface area contributed by atoms with Gasteiger partial charge in [0.25, 0.3) is 0 Å². The number of hydrogen-bond donors (Lipinski definition) is 1. The smallest absolute Gasteiger partial charge is 0.343 e. The molecule has 5 nitrogen and oxygen atoms in total. The maximum absolute atomic E-state index is 14.7. The van der Waals surface area contributed by atoms with Gasteiger partial charge in [0.2, 0.25) is 5.88 Å². The predicted octanol–water partition coefficient (Wildman–Crippen LogP) is 6.22. The summed E-state index contributed by atoms with van der Waals surface area (Å²) in [6, 6.07) is 15.0. The van der Waals surface area contributed by atoms with Crippen molar-refractivity contribution in [1.29, 1.82) is 5.26 Å². The van der Waals surface area contributed by atoms with Gasteiger partial charge < -0.3 is 15.2 Å². The molecule has 0 amide bonds. The maximum Gasteiger partial charge on any atom is 0.343 e. The van der Waals surface area contributed by atoms with Crippen molar-refractivity contribution in [3.05, 3.63) is 104 Å². The van der Waals surface area contributed by atoms with E-state index in [0.717, 1.165) is 0 Å². The third kappa shape index (κ3) is 3.98. The normalized spacial score (nSPS) is 14.9. The second-order valence-corrected chi connectivity index (χ2v) is 8.00. The number of nitrogens with two attached hydrogens (primary N) is 1. The molecular weight excluding hydrogens is 478 g/mol. The molecule has 0 unspecified atom stereocenters. The van der Waals surface area contributed by atoms with Gasteiger partial charge in [0.1, 0.15) is 29.0 Å². The van der Waals surface area contributed by atoms with Crippen LogP contribution in [0.25, 0.3) is 0 Å². The molecule has 0 spiro atoms. The Labute approximate surface area is 197 Å². The first-order chi connectivity index (χ1) is 15.3. The number of carbonyl (C=O) groups excluding carboxylic acids is 1. The topological polar surface area (TPSA) is 85.3 Å². The quantitative estimate of drug-likeness (QED) is 0.348. The minimum atomic E-state index is -0.891. The van der Waals surface area contributed by atoms with Gasteiger partial charge in [-0.3, -0.25) is 0 Å². The van der Waals surface area contributed by atoms with Crippen molar-refractivity contribution in [1.82, 2.24) is 0 Å². The Kier molecular flexibility index (Phi) is 5.98. The molecule has 9 heteroatoms. The van der Waals surface area contributed by atoms with E-state index in [1.807, 2.05) is 6.07 Å². The summed E-state index contributed by atoms with van der Waals surface area (Å²) in [5.41, 5.74) is 6.69. The molecule has 32 heavy (non-hydrogen) atoms. The van der Waals surface area contributed by atoms with E-state index in [4.69, 9.17) is 50.0 Å². The van der Waals surface area contributed by atoms with Gasteiger partial charge >= 0.3 is 5.97 Å². The molecule has 0 saturated heterocycles.